The van der Waals surface area contributed by atoms with Gasteiger partial charge >= 0.3 is 0 Å². The first-order valence-electron chi connectivity index (χ1n) is 8.79. The highest BCUT2D eigenvalue weighted by Crippen LogP contribution is 2.23. The van der Waals surface area contributed by atoms with Crippen LogP contribution >= 0.6 is 11.8 Å². The Bertz CT molecular complexity index is 947. The van der Waals surface area contributed by atoms with Crippen LogP contribution in [0.3, 0.4) is 0 Å². The molecule has 0 fully saturated rings. The lowest BCUT2D eigenvalue weighted by molar-refractivity contribution is -0.126. The van der Waals surface area contributed by atoms with E-state index in [0.29, 0.717) is 19.5 Å². The molecule has 0 saturated heterocycles. The molecule has 3 aromatic carbocycles. The van der Waals surface area contributed by atoms with E-state index >= 15 is 0 Å². The van der Waals surface area contributed by atoms with Gasteiger partial charge in [-0.3, -0.25) is 14.7 Å². The van der Waals surface area contributed by atoms with Gasteiger partial charge in [0, 0.05) is 12.3 Å². The summed E-state index contributed by atoms with van der Waals surface area (Å²) < 4.78 is 0. The van der Waals surface area contributed by atoms with Gasteiger partial charge in [0.1, 0.15) is 0 Å². The number of hydrogen-bond acceptors (Lipinski definition) is 3. The van der Waals surface area contributed by atoms with E-state index in [2.05, 4.69) is 35.3 Å². The zero-order valence-corrected chi connectivity index (χ0v) is 15.3. The molecule has 1 heterocycles. The molecule has 0 bridgehead atoms. The minimum atomic E-state index is 0.123. The van der Waals surface area contributed by atoms with E-state index in [-0.39, 0.29) is 5.91 Å². The van der Waals surface area contributed by atoms with Gasteiger partial charge in [-0.2, -0.15) is 0 Å². The quantitative estimate of drug-likeness (QED) is 0.685. The summed E-state index contributed by atoms with van der Waals surface area (Å²) >= 11 is 1.64. The van der Waals surface area contributed by atoms with Crippen LogP contribution in [0.25, 0.3) is 10.8 Å². The molecular formula is C22H20N2OS. The highest BCUT2D eigenvalue weighted by molar-refractivity contribution is 8.13. The molecule has 3 aromatic rings. The van der Waals surface area contributed by atoms with Crippen molar-refractivity contribution in [2.24, 2.45) is 4.99 Å². The summed E-state index contributed by atoms with van der Waals surface area (Å²) in [5.74, 6) is 0.954. The lowest BCUT2D eigenvalue weighted by atomic mass is 10.0. The van der Waals surface area contributed by atoms with E-state index < -0.39 is 0 Å². The Balaban J connectivity index is 1.46. The van der Waals surface area contributed by atoms with Crippen LogP contribution in [-0.2, 0) is 17.0 Å². The fourth-order valence-electron chi connectivity index (χ4n) is 3.21. The van der Waals surface area contributed by atoms with E-state index in [9.17, 15) is 4.79 Å². The number of fused-ring (bicyclic) bond motifs is 1. The zero-order chi connectivity index (χ0) is 17.8. The van der Waals surface area contributed by atoms with Gasteiger partial charge in [0.25, 0.3) is 0 Å². The van der Waals surface area contributed by atoms with Gasteiger partial charge in [-0.15, -0.1) is 0 Å². The Morgan fingerprint density at radius 3 is 2.62 bits per heavy atom. The molecule has 3 nitrogen and oxygen atoms in total. The maximum Gasteiger partial charge on any atom is 0.233 e. The van der Waals surface area contributed by atoms with Crippen molar-refractivity contribution in [1.82, 2.24) is 4.90 Å². The summed E-state index contributed by atoms with van der Waals surface area (Å²) in [5, 5.41) is 3.17. The molecule has 0 saturated carbocycles. The molecule has 4 heteroatoms. The second-order valence-electron chi connectivity index (χ2n) is 6.30. The molecule has 1 amide bonds. The van der Waals surface area contributed by atoms with Crippen LogP contribution in [0.5, 0.6) is 0 Å². The first kappa shape index (κ1) is 16.9. The Hall–Kier alpha value is -2.59. The highest BCUT2D eigenvalue weighted by Gasteiger charge is 2.24. The average molecular weight is 360 g/mol. The minimum absolute atomic E-state index is 0.123. The number of amidine groups is 1. The van der Waals surface area contributed by atoms with Crippen LogP contribution in [0, 0.1) is 0 Å². The van der Waals surface area contributed by atoms with Crippen molar-refractivity contribution in [3.8, 4) is 0 Å². The molecule has 26 heavy (non-hydrogen) atoms. The highest BCUT2D eigenvalue weighted by atomic mass is 32.2. The van der Waals surface area contributed by atoms with Crippen molar-refractivity contribution in [2.75, 3.05) is 13.1 Å². The SMILES string of the molecule is O=C(Cc1cccc2ccccc12)N1CCN=C1SCc1ccccc1. The van der Waals surface area contributed by atoms with Crippen LogP contribution in [-0.4, -0.2) is 29.1 Å². The monoisotopic (exact) mass is 360 g/mol. The maximum atomic E-state index is 12.9. The summed E-state index contributed by atoms with van der Waals surface area (Å²) in [7, 11) is 0. The van der Waals surface area contributed by atoms with Crippen LogP contribution in [0.4, 0.5) is 0 Å². The van der Waals surface area contributed by atoms with Crippen molar-refractivity contribution in [2.45, 2.75) is 12.2 Å². The van der Waals surface area contributed by atoms with Gasteiger partial charge in [0.15, 0.2) is 5.17 Å². The number of carbonyl (C=O) groups excluding carboxylic acids is 1. The Kier molecular flexibility index (Phi) is 5.02. The molecule has 0 atom stereocenters. The summed E-state index contributed by atoms with van der Waals surface area (Å²) in [6.07, 6.45) is 0.409. The third-order valence-corrected chi connectivity index (χ3v) is 5.62. The van der Waals surface area contributed by atoms with Crippen LogP contribution in [0.15, 0.2) is 77.8 Å². The Morgan fingerprint density at radius 1 is 0.962 bits per heavy atom. The van der Waals surface area contributed by atoms with Gasteiger partial charge in [-0.1, -0.05) is 84.6 Å². The molecule has 1 aliphatic rings. The normalized spacial score (nSPS) is 13.8. The van der Waals surface area contributed by atoms with Gasteiger partial charge < -0.3 is 0 Å². The first-order chi connectivity index (χ1) is 12.8. The van der Waals surface area contributed by atoms with Gasteiger partial charge in [0.05, 0.1) is 13.0 Å². The third kappa shape index (κ3) is 3.65. The van der Waals surface area contributed by atoms with Crippen molar-refractivity contribution in [3.63, 3.8) is 0 Å². The summed E-state index contributed by atoms with van der Waals surface area (Å²) in [5.41, 5.74) is 2.32. The number of amides is 1. The molecule has 130 valence electrons. The molecular weight excluding hydrogens is 340 g/mol. The third-order valence-electron chi connectivity index (χ3n) is 4.53. The van der Waals surface area contributed by atoms with Crippen LogP contribution in [0.2, 0.25) is 0 Å². The second kappa shape index (κ2) is 7.75. The molecule has 4 rings (SSSR count). The van der Waals surface area contributed by atoms with Gasteiger partial charge in [-0.05, 0) is 21.9 Å². The van der Waals surface area contributed by atoms with Crippen molar-refractivity contribution in [1.29, 1.82) is 0 Å². The lowest BCUT2D eigenvalue weighted by Crippen LogP contribution is -2.34. The molecule has 0 N–H and O–H groups in total. The summed E-state index contributed by atoms with van der Waals surface area (Å²) in [6, 6.07) is 24.7. The number of thioether (sulfide) groups is 1. The molecule has 0 radical (unpaired) electrons. The Labute approximate surface area is 157 Å². The number of carbonyl (C=O) groups is 1. The average Bonchev–Trinajstić information content (AvgIpc) is 3.16. The van der Waals surface area contributed by atoms with Crippen molar-refractivity contribution >= 4 is 33.6 Å². The number of benzene rings is 3. The predicted molar refractivity (Wildman–Crippen MR) is 109 cm³/mol. The van der Waals surface area contributed by atoms with E-state index in [1.165, 1.54) is 10.9 Å². The van der Waals surface area contributed by atoms with Crippen molar-refractivity contribution in [3.05, 3.63) is 83.9 Å². The van der Waals surface area contributed by atoms with E-state index in [0.717, 1.165) is 21.9 Å². The number of nitrogens with zero attached hydrogens (tertiary/aromatic N) is 2. The molecule has 1 aliphatic heterocycles. The minimum Gasteiger partial charge on any atom is -0.289 e. The standard InChI is InChI=1S/C22H20N2OS/c25-21(15-19-11-6-10-18-9-4-5-12-20(18)19)24-14-13-23-22(24)26-16-17-7-2-1-3-8-17/h1-12H,13-16H2. The Morgan fingerprint density at radius 2 is 1.73 bits per heavy atom. The fraction of sp³-hybridized carbons (Fsp3) is 0.182. The fourth-order valence-corrected chi connectivity index (χ4v) is 4.23. The van der Waals surface area contributed by atoms with E-state index in [4.69, 9.17) is 0 Å². The second-order valence-corrected chi connectivity index (χ2v) is 7.24. The maximum absolute atomic E-state index is 12.9. The van der Waals surface area contributed by atoms with Crippen LogP contribution < -0.4 is 0 Å². The van der Waals surface area contributed by atoms with E-state index in [1.807, 2.05) is 47.4 Å². The summed E-state index contributed by atoms with van der Waals surface area (Å²) in [6.45, 7) is 1.37. The number of rotatable bonds is 4. The zero-order valence-electron chi connectivity index (χ0n) is 14.5. The van der Waals surface area contributed by atoms with Gasteiger partial charge in [0.2, 0.25) is 5.91 Å². The van der Waals surface area contributed by atoms with Gasteiger partial charge in [-0.25, -0.2) is 0 Å². The number of hydrogen-bond donors (Lipinski definition) is 0. The topological polar surface area (TPSA) is 32.7 Å². The molecule has 0 aliphatic carbocycles. The lowest BCUT2D eigenvalue weighted by Gasteiger charge is -2.18. The molecule has 0 unspecified atom stereocenters. The van der Waals surface area contributed by atoms with E-state index in [1.54, 1.807) is 11.8 Å². The predicted octanol–water partition coefficient (Wildman–Crippen LogP) is 4.51. The van der Waals surface area contributed by atoms with Crippen molar-refractivity contribution < 1.29 is 4.79 Å². The smallest absolute Gasteiger partial charge is 0.233 e. The largest absolute Gasteiger partial charge is 0.289 e. The number of aliphatic imine (C=N–C) groups is 1. The molecule has 0 spiro atoms. The summed E-state index contributed by atoms with van der Waals surface area (Å²) in [4.78, 5) is 19.3. The first-order valence-corrected chi connectivity index (χ1v) is 9.78. The van der Waals surface area contributed by atoms with Crippen LogP contribution in [0.1, 0.15) is 11.1 Å². The molecule has 0 aromatic heterocycles.